The Labute approximate surface area is 91.4 Å². The number of alkyl halides is 3. The van der Waals surface area contributed by atoms with Crippen LogP contribution in [-0.2, 0) is 6.54 Å². The number of aromatic nitrogens is 2. The van der Waals surface area contributed by atoms with Crippen molar-refractivity contribution in [2.24, 2.45) is 11.7 Å². The van der Waals surface area contributed by atoms with Crippen LogP contribution in [0, 0.1) is 5.92 Å². The molecule has 0 saturated heterocycles. The summed E-state index contributed by atoms with van der Waals surface area (Å²) < 4.78 is 38.7. The van der Waals surface area contributed by atoms with E-state index in [0.717, 1.165) is 18.5 Å². The monoisotopic (exact) mass is 233 g/mol. The summed E-state index contributed by atoms with van der Waals surface area (Å²) in [7, 11) is 0. The fourth-order valence-electron chi connectivity index (χ4n) is 1.61. The van der Waals surface area contributed by atoms with E-state index < -0.39 is 18.6 Å². The molecule has 0 spiro atoms. The summed E-state index contributed by atoms with van der Waals surface area (Å²) in [5, 5.41) is 4.13. The van der Waals surface area contributed by atoms with E-state index in [1.165, 1.54) is 4.68 Å². The summed E-state index contributed by atoms with van der Waals surface area (Å²) in [5.41, 5.74) is 6.03. The highest BCUT2D eigenvalue weighted by atomic mass is 19.4. The fraction of sp³-hybridized carbons (Fsp3) is 0.700. The Kier molecular flexibility index (Phi) is 2.92. The largest absolute Gasteiger partial charge is 0.394 e. The topological polar surface area (TPSA) is 43.8 Å². The van der Waals surface area contributed by atoms with Crippen LogP contribution in [0.3, 0.4) is 0 Å². The molecule has 1 fully saturated rings. The summed E-state index contributed by atoms with van der Waals surface area (Å²) in [6.45, 7) is -0.588. The second kappa shape index (κ2) is 4.08. The van der Waals surface area contributed by atoms with E-state index in [1.54, 1.807) is 12.3 Å². The van der Waals surface area contributed by atoms with Crippen LogP contribution in [0.2, 0.25) is 0 Å². The van der Waals surface area contributed by atoms with Crippen LogP contribution in [0.1, 0.15) is 24.5 Å². The van der Waals surface area contributed by atoms with Crippen molar-refractivity contribution in [2.45, 2.75) is 31.5 Å². The van der Waals surface area contributed by atoms with E-state index in [9.17, 15) is 13.2 Å². The van der Waals surface area contributed by atoms with Crippen LogP contribution in [-0.4, -0.2) is 22.5 Å². The van der Waals surface area contributed by atoms with Gasteiger partial charge in [-0.1, -0.05) is 0 Å². The van der Waals surface area contributed by atoms with E-state index in [2.05, 4.69) is 5.10 Å². The van der Waals surface area contributed by atoms with Gasteiger partial charge in [0.2, 0.25) is 0 Å². The number of nitrogens with zero attached hydrogens (tertiary/aromatic N) is 2. The van der Waals surface area contributed by atoms with Crippen LogP contribution in [0.5, 0.6) is 0 Å². The predicted octanol–water partition coefficient (Wildman–Crippen LogP) is 1.90. The molecule has 0 bridgehead atoms. The third-order valence-corrected chi connectivity index (χ3v) is 2.81. The molecule has 1 aromatic heterocycles. The van der Waals surface area contributed by atoms with Crippen molar-refractivity contribution in [2.75, 3.05) is 6.54 Å². The van der Waals surface area contributed by atoms with Gasteiger partial charge in [0.05, 0.1) is 18.2 Å². The molecule has 90 valence electrons. The van der Waals surface area contributed by atoms with Gasteiger partial charge >= 0.3 is 6.18 Å². The molecular weight excluding hydrogens is 219 g/mol. The Hall–Kier alpha value is -1.04. The van der Waals surface area contributed by atoms with Crippen molar-refractivity contribution < 1.29 is 13.2 Å². The smallest absolute Gasteiger partial charge is 0.330 e. The standard InChI is InChI=1S/C10H14F3N3/c11-10(12,13)8(5-14)6-16-4-3-9(15-16)7-1-2-7/h3-4,7-8H,1-2,5-6,14H2. The minimum atomic E-state index is -4.25. The normalized spacial score (nSPS) is 18.8. The van der Waals surface area contributed by atoms with E-state index in [0.29, 0.717) is 5.92 Å². The van der Waals surface area contributed by atoms with Gasteiger partial charge in [-0.15, -0.1) is 0 Å². The molecule has 16 heavy (non-hydrogen) atoms. The molecule has 6 heteroatoms. The molecular formula is C10H14F3N3. The maximum absolute atomic E-state index is 12.5. The SMILES string of the molecule is NCC(Cn1ccc(C2CC2)n1)C(F)(F)F. The molecule has 1 aliphatic rings. The van der Waals surface area contributed by atoms with Gasteiger partial charge in [0.25, 0.3) is 0 Å². The average molecular weight is 233 g/mol. The third kappa shape index (κ3) is 2.55. The van der Waals surface area contributed by atoms with Crippen LogP contribution in [0.4, 0.5) is 13.2 Å². The summed E-state index contributed by atoms with van der Waals surface area (Å²) in [4.78, 5) is 0. The molecule has 1 atom stereocenters. The number of halogens is 3. The maximum Gasteiger partial charge on any atom is 0.394 e. The van der Waals surface area contributed by atoms with E-state index in [4.69, 9.17) is 5.73 Å². The zero-order valence-corrected chi connectivity index (χ0v) is 8.74. The minimum Gasteiger partial charge on any atom is -0.330 e. The number of hydrogen-bond donors (Lipinski definition) is 1. The fourth-order valence-corrected chi connectivity index (χ4v) is 1.61. The zero-order valence-electron chi connectivity index (χ0n) is 8.74. The highest BCUT2D eigenvalue weighted by Gasteiger charge is 2.39. The Morgan fingerprint density at radius 3 is 2.69 bits per heavy atom. The van der Waals surface area contributed by atoms with Crippen molar-refractivity contribution in [3.63, 3.8) is 0 Å². The Balaban J connectivity index is 2.01. The lowest BCUT2D eigenvalue weighted by molar-refractivity contribution is -0.175. The average Bonchev–Trinajstić information content (AvgIpc) is 2.94. The molecule has 0 aliphatic heterocycles. The van der Waals surface area contributed by atoms with Gasteiger partial charge in [-0.2, -0.15) is 18.3 Å². The quantitative estimate of drug-likeness (QED) is 0.863. The number of rotatable bonds is 4. The lowest BCUT2D eigenvalue weighted by atomic mass is 10.1. The van der Waals surface area contributed by atoms with Gasteiger partial charge in [-0.05, 0) is 18.9 Å². The Bertz CT molecular complexity index is 354. The molecule has 2 rings (SSSR count). The van der Waals surface area contributed by atoms with Crippen molar-refractivity contribution in [1.82, 2.24) is 9.78 Å². The molecule has 1 aliphatic carbocycles. The molecule has 1 unspecified atom stereocenters. The van der Waals surface area contributed by atoms with E-state index in [1.807, 2.05) is 0 Å². The molecule has 0 amide bonds. The highest BCUT2D eigenvalue weighted by Crippen LogP contribution is 2.39. The lowest BCUT2D eigenvalue weighted by Gasteiger charge is -2.18. The van der Waals surface area contributed by atoms with Crippen molar-refractivity contribution in [3.05, 3.63) is 18.0 Å². The van der Waals surface area contributed by atoms with Crippen LogP contribution >= 0.6 is 0 Å². The first-order chi connectivity index (χ1) is 7.50. The van der Waals surface area contributed by atoms with Gasteiger partial charge in [0.15, 0.2) is 0 Å². The molecule has 2 N–H and O–H groups in total. The summed E-state index contributed by atoms with van der Waals surface area (Å²) in [6, 6.07) is 1.79. The number of hydrogen-bond acceptors (Lipinski definition) is 2. The van der Waals surface area contributed by atoms with Gasteiger partial charge in [0, 0.05) is 18.7 Å². The van der Waals surface area contributed by atoms with Gasteiger partial charge in [0.1, 0.15) is 0 Å². The van der Waals surface area contributed by atoms with Crippen molar-refractivity contribution >= 4 is 0 Å². The third-order valence-electron chi connectivity index (χ3n) is 2.81. The second-order valence-electron chi connectivity index (χ2n) is 4.21. The minimum absolute atomic E-state index is 0.188. The molecule has 0 radical (unpaired) electrons. The summed E-state index contributed by atoms with van der Waals surface area (Å²) in [5.74, 6) is -1.05. The van der Waals surface area contributed by atoms with Gasteiger partial charge in [-0.25, -0.2) is 0 Å². The molecule has 1 aromatic rings. The Morgan fingerprint density at radius 2 is 2.19 bits per heavy atom. The van der Waals surface area contributed by atoms with E-state index >= 15 is 0 Å². The number of nitrogens with two attached hydrogens (primary N) is 1. The summed E-state index contributed by atoms with van der Waals surface area (Å²) in [6.07, 6.45) is -0.463. The molecule has 3 nitrogen and oxygen atoms in total. The Morgan fingerprint density at radius 1 is 1.50 bits per heavy atom. The van der Waals surface area contributed by atoms with E-state index in [-0.39, 0.29) is 6.54 Å². The molecule has 0 aromatic carbocycles. The van der Waals surface area contributed by atoms with Crippen LogP contribution < -0.4 is 5.73 Å². The van der Waals surface area contributed by atoms with Crippen molar-refractivity contribution in [1.29, 1.82) is 0 Å². The van der Waals surface area contributed by atoms with Gasteiger partial charge in [-0.3, -0.25) is 4.68 Å². The zero-order chi connectivity index (χ0) is 11.8. The summed E-state index contributed by atoms with van der Waals surface area (Å²) >= 11 is 0. The maximum atomic E-state index is 12.5. The lowest BCUT2D eigenvalue weighted by Crippen LogP contribution is -2.34. The van der Waals surface area contributed by atoms with Crippen molar-refractivity contribution in [3.8, 4) is 0 Å². The first-order valence-electron chi connectivity index (χ1n) is 5.31. The molecule has 1 saturated carbocycles. The first-order valence-corrected chi connectivity index (χ1v) is 5.31. The predicted molar refractivity (Wildman–Crippen MR) is 52.8 cm³/mol. The van der Waals surface area contributed by atoms with Crippen LogP contribution in [0.15, 0.2) is 12.3 Å². The van der Waals surface area contributed by atoms with Gasteiger partial charge < -0.3 is 5.73 Å². The molecule has 1 heterocycles. The second-order valence-corrected chi connectivity index (χ2v) is 4.21. The highest BCUT2D eigenvalue weighted by molar-refractivity contribution is 5.12. The van der Waals surface area contributed by atoms with Crippen LogP contribution in [0.25, 0.3) is 0 Å². The first kappa shape index (κ1) is 11.4.